The van der Waals surface area contributed by atoms with E-state index in [0.29, 0.717) is 0 Å². The zero-order valence-electron chi connectivity index (χ0n) is 7.31. The van der Waals surface area contributed by atoms with Crippen molar-refractivity contribution in [3.63, 3.8) is 0 Å². The van der Waals surface area contributed by atoms with Crippen molar-refractivity contribution in [3.05, 3.63) is 0 Å². The number of carbonyl (C=O) groups excluding carboxylic acids is 1. The molecule has 1 aliphatic heterocycles. The topological polar surface area (TPSA) is 81.7 Å². The van der Waals surface area contributed by atoms with Crippen molar-refractivity contribution < 1.29 is 22.1 Å². The molecule has 76 valence electrons. The normalized spacial score (nSPS) is 28.3. The third-order valence-corrected chi connectivity index (χ3v) is 2.19. The SMILES string of the molecule is C[C@H]1OC(=O)N[C@@H]1COS(C)(=O)=O. The van der Waals surface area contributed by atoms with Gasteiger partial charge in [0.2, 0.25) is 0 Å². The van der Waals surface area contributed by atoms with Crippen LogP contribution in [0.1, 0.15) is 6.92 Å². The zero-order valence-corrected chi connectivity index (χ0v) is 8.13. The van der Waals surface area contributed by atoms with Crippen molar-refractivity contribution in [2.75, 3.05) is 12.9 Å². The maximum Gasteiger partial charge on any atom is 0.407 e. The van der Waals surface area contributed by atoms with Crippen molar-refractivity contribution in [1.82, 2.24) is 5.32 Å². The molecule has 0 aromatic rings. The standard InChI is InChI=1S/C6H11NO5S/c1-4-5(7-6(8)12-4)3-11-13(2,9)10/h4-5H,3H2,1-2H3,(H,7,8)/t4-,5-/m1/s1. The van der Waals surface area contributed by atoms with Gasteiger partial charge in [0.15, 0.2) is 0 Å². The van der Waals surface area contributed by atoms with Gasteiger partial charge in [0, 0.05) is 0 Å². The van der Waals surface area contributed by atoms with Crippen molar-refractivity contribution >= 4 is 16.2 Å². The molecule has 0 spiro atoms. The molecule has 1 fully saturated rings. The maximum absolute atomic E-state index is 10.7. The molecule has 0 unspecified atom stereocenters. The van der Waals surface area contributed by atoms with Crippen molar-refractivity contribution in [1.29, 1.82) is 0 Å². The minimum absolute atomic E-state index is 0.0915. The number of carbonyl (C=O) groups is 1. The summed E-state index contributed by atoms with van der Waals surface area (Å²) in [5.74, 6) is 0. The molecule has 1 amide bonds. The molecule has 0 aromatic carbocycles. The molecule has 1 N–H and O–H groups in total. The van der Waals surface area contributed by atoms with E-state index < -0.39 is 22.3 Å². The van der Waals surface area contributed by atoms with E-state index in [1.807, 2.05) is 0 Å². The molecule has 1 aliphatic rings. The molecule has 7 heteroatoms. The molecular formula is C6H11NO5S. The van der Waals surface area contributed by atoms with Gasteiger partial charge in [-0.05, 0) is 6.92 Å². The maximum atomic E-state index is 10.7. The van der Waals surface area contributed by atoms with Gasteiger partial charge in [-0.25, -0.2) is 4.79 Å². The lowest BCUT2D eigenvalue weighted by atomic mass is 10.2. The van der Waals surface area contributed by atoms with Crippen LogP contribution in [0.3, 0.4) is 0 Å². The first-order valence-corrected chi connectivity index (χ1v) is 5.51. The summed E-state index contributed by atoms with van der Waals surface area (Å²) in [7, 11) is -3.46. The second-order valence-electron chi connectivity index (χ2n) is 2.85. The highest BCUT2D eigenvalue weighted by molar-refractivity contribution is 7.85. The predicted molar refractivity (Wildman–Crippen MR) is 43.7 cm³/mol. The molecule has 1 heterocycles. The van der Waals surface area contributed by atoms with E-state index in [2.05, 4.69) is 9.50 Å². The Kier molecular flexibility index (Phi) is 2.77. The fraction of sp³-hybridized carbons (Fsp3) is 0.833. The summed E-state index contributed by atoms with van der Waals surface area (Å²) in [6.45, 7) is 1.57. The van der Waals surface area contributed by atoms with E-state index >= 15 is 0 Å². The highest BCUT2D eigenvalue weighted by atomic mass is 32.2. The number of rotatable bonds is 3. The minimum Gasteiger partial charge on any atom is -0.444 e. The quantitative estimate of drug-likeness (QED) is 0.631. The third kappa shape index (κ3) is 3.19. The number of nitrogens with one attached hydrogen (secondary N) is 1. The number of hydrogen-bond acceptors (Lipinski definition) is 5. The van der Waals surface area contributed by atoms with Gasteiger partial charge in [0.1, 0.15) is 6.10 Å². The first kappa shape index (κ1) is 10.3. The van der Waals surface area contributed by atoms with E-state index in [0.717, 1.165) is 6.26 Å². The Morgan fingerprint density at radius 3 is 2.62 bits per heavy atom. The van der Waals surface area contributed by atoms with E-state index in [1.54, 1.807) is 6.92 Å². The highest BCUT2D eigenvalue weighted by Gasteiger charge is 2.31. The first-order valence-electron chi connectivity index (χ1n) is 3.70. The van der Waals surface area contributed by atoms with Gasteiger partial charge in [0.05, 0.1) is 18.9 Å². The molecule has 0 radical (unpaired) electrons. The Morgan fingerprint density at radius 1 is 1.62 bits per heavy atom. The fourth-order valence-corrected chi connectivity index (χ4v) is 1.32. The average molecular weight is 209 g/mol. The summed E-state index contributed by atoms with van der Waals surface area (Å²) >= 11 is 0. The van der Waals surface area contributed by atoms with Crippen molar-refractivity contribution in [3.8, 4) is 0 Å². The molecule has 6 nitrogen and oxygen atoms in total. The van der Waals surface area contributed by atoms with E-state index in [9.17, 15) is 13.2 Å². The van der Waals surface area contributed by atoms with Crippen LogP contribution in [0.25, 0.3) is 0 Å². The van der Waals surface area contributed by atoms with Crippen LogP contribution >= 0.6 is 0 Å². The van der Waals surface area contributed by atoms with Gasteiger partial charge in [-0.3, -0.25) is 4.18 Å². The minimum atomic E-state index is -3.46. The summed E-state index contributed by atoms with van der Waals surface area (Å²) in [5, 5.41) is 2.43. The Balaban J connectivity index is 2.42. The molecule has 0 bridgehead atoms. The lowest BCUT2D eigenvalue weighted by molar-refractivity contribution is 0.133. The lowest BCUT2D eigenvalue weighted by Crippen LogP contribution is -2.35. The highest BCUT2D eigenvalue weighted by Crippen LogP contribution is 2.08. The van der Waals surface area contributed by atoms with E-state index in [-0.39, 0.29) is 12.7 Å². The summed E-state index contributed by atoms with van der Waals surface area (Å²) < 4.78 is 30.4. The second-order valence-corrected chi connectivity index (χ2v) is 4.49. The largest absolute Gasteiger partial charge is 0.444 e. The van der Waals surface area contributed by atoms with Crippen LogP contribution in [-0.2, 0) is 19.0 Å². The molecule has 13 heavy (non-hydrogen) atoms. The summed E-state index contributed by atoms with van der Waals surface area (Å²) in [4.78, 5) is 10.7. The Bertz CT molecular complexity index is 298. The summed E-state index contributed by atoms with van der Waals surface area (Å²) in [6, 6.07) is -0.401. The molecule has 1 rings (SSSR count). The monoisotopic (exact) mass is 209 g/mol. The van der Waals surface area contributed by atoms with Gasteiger partial charge in [-0.2, -0.15) is 8.42 Å². The number of alkyl carbamates (subject to hydrolysis) is 1. The molecule has 2 atom stereocenters. The lowest BCUT2D eigenvalue weighted by Gasteiger charge is -2.10. The first-order chi connectivity index (χ1) is 5.88. The van der Waals surface area contributed by atoms with Crippen LogP contribution in [0.5, 0.6) is 0 Å². The van der Waals surface area contributed by atoms with Crippen LogP contribution in [0, 0.1) is 0 Å². The van der Waals surface area contributed by atoms with E-state index in [1.165, 1.54) is 0 Å². The molecular weight excluding hydrogens is 198 g/mol. The summed E-state index contributed by atoms with van der Waals surface area (Å²) in [6.07, 6.45) is 0.0406. The Morgan fingerprint density at radius 2 is 2.23 bits per heavy atom. The van der Waals surface area contributed by atoms with Gasteiger partial charge < -0.3 is 10.1 Å². The van der Waals surface area contributed by atoms with Crippen molar-refractivity contribution in [2.45, 2.75) is 19.1 Å². The van der Waals surface area contributed by atoms with Crippen molar-refractivity contribution in [2.24, 2.45) is 0 Å². The number of amides is 1. The second kappa shape index (κ2) is 3.51. The number of ether oxygens (including phenoxy) is 1. The van der Waals surface area contributed by atoms with Crippen LogP contribution < -0.4 is 5.32 Å². The van der Waals surface area contributed by atoms with Gasteiger partial charge in [0.25, 0.3) is 10.1 Å². The van der Waals surface area contributed by atoms with Gasteiger partial charge in [-0.15, -0.1) is 0 Å². The van der Waals surface area contributed by atoms with Gasteiger partial charge >= 0.3 is 6.09 Å². The fourth-order valence-electron chi connectivity index (χ4n) is 0.928. The average Bonchev–Trinajstić information content (AvgIpc) is 2.24. The molecule has 0 aliphatic carbocycles. The number of hydrogen-bond donors (Lipinski definition) is 1. The number of cyclic esters (lactones) is 1. The smallest absolute Gasteiger partial charge is 0.407 e. The molecule has 1 saturated heterocycles. The Hall–Kier alpha value is -0.820. The predicted octanol–water partition coefficient (Wildman–Crippen LogP) is -0.540. The van der Waals surface area contributed by atoms with Crippen LogP contribution in [0.4, 0.5) is 4.79 Å². The van der Waals surface area contributed by atoms with Crippen LogP contribution in [0.15, 0.2) is 0 Å². The Labute approximate surface area is 76.3 Å². The van der Waals surface area contributed by atoms with Crippen LogP contribution in [-0.4, -0.2) is 39.5 Å². The third-order valence-electron chi connectivity index (χ3n) is 1.62. The molecule has 0 aromatic heterocycles. The van der Waals surface area contributed by atoms with E-state index in [4.69, 9.17) is 4.74 Å². The summed E-state index contributed by atoms with van der Waals surface area (Å²) in [5.41, 5.74) is 0. The molecule has 0 saturated carbocycles. The van der Waals surface area contributed by atoms with Crippen LogP contribution in [0.2, 0.25) is 0 Å². The van der Waals surface area contributed by atoms with Gasteiger partial charge in [-0.1, -0.05) is 0 Å². The zero-order chi connectivity index (χ0) is 10.1.